The molecule has 0 aliphatic rings. The Bertz CT molecular complexity index is 66.8. The quantitative estimate of drug-likeness (QED) is 0.480. The molecule has 0 aliphatic heterocycles. The van der Waals surface area contributed by atoms with Crippen LogP contribution in [-0.4, -0.2) is 13.3 Å². The van der Waals surface area contributed by atoms with Crippen molar-refractivity contribution >= 4 is 17.1 Å². The van der Waals surface area contributed by atoms with Gasteiger partial charge in [-0.2, -0.15) is 0 Å². The molecular formula is C4H10O3P2. The second kappa shape index (κ2) is 15.7. The van der Waals surface area contributed by atoms with Crippen LogP contribution in [0.1, 0.15) is 13.3 Å². The third-order valence-corrected chi connectivity index (χ3v) is 0.636. The van der Waals surface area contributed by atoms with Gasteiger partial charge in [0.25, 0.3) is 0 Å². The standard InChI is InChI=1S/C3H7O2P.CH3OP/c1-2-3-5-6-4;1-3-2/h2-3H2,1H3;1H3. The molecule has 0 radical (unpaired) electrons. The minimum atomic E-state index is -0.205. The topological polar surface area (TPSA) is 43.4 Å². The van der Waals surface area contributed by atoms with Gasteiger partial charge in [-0.05, 0) is 6.42 Å². The van der Waals surface area contributed by atoms with Crippen molar-refractivity contribution in [3.8, 4) is 0 Å². The molecule has 54 valence electrons. The molecule has 0 bridgehead atoms. The number of hydrogen-bond donors (Lipinski definition) is 0. The first kappa shape index (κ1) is 11.9. The Morgan fingerprint density at radius 1 is 1.44 bits per heavy atom. The SMILES string of the molecule is CCCOP=O.CP=O. The normalized spacial score (nSPS) is 8.67. The van der Waals surface area contributed by atoms with Crippen molar-refractivity contribution < 1.29 is 13.7 Å². The lowest BCUT2D eigenvalue weighted by Crippen LogP contribution is -1.74. The van der Waals surface area contributed by atoms with Gasteiger partial charge in [0.2, 0.25) is 0 Å². The van der Waals surface area contributed by atoms with E-state index in [1.807, 2.05) is 6.92 Å². The predicted octanol–water partition coefficient (Wildman–Crippen LogP) is 2.53. The number of hydrogen-bond acceptors (Lipinski definition) is 3. The molecule has 0 saturated carbocycles. The Morgan fingerprint density at radius 3 is 2.00 bits per heavy atom. The van der Waals surface area contributed by atoms with E-state index in [9.17, 15) is 4.57 Å². The van der Waals surface area contributed by atoms with Crippen molar-refractivity contribution in [2.24, 2.45) is 0 Å². The van der Waals surface area contributed by atoms with Gasteiger partial charge in [0.15, 0.2) is 8.46 Å². The fourth-order valence-corrected chi connectivity index (χ4v) is 0.386. The average molecular weight is 168 g/mol. The summed E-state index contributed by atoms with van der Waals surface area (Å²) >= 11 is 0. The van der Waals surface area contributed by atoms with Crippen LogP contribution >= 0.6 is 17.1 Å². The molecule has 0 N–H and O–H groups in total. The maximum atomic E-state index is 9.44. The van der Waals surface area contributed by atoms with E-state index in [-0.39, 0.29) is 17.1 Å². The molecular weight excluding hydrogens is 158 g/mol. The van der Waals surface area contributed by atoms with E-state index in [1.54, 1.807) is 6.66 Å². The number of rotatable bonds is 3. The van der Waals surface area contributed by atoms with Gasteiger partial charge in [-0.3, -0.25) is 9.09 Å². The smallest absolute Gasteiger partial charge is 0.294 e. The average Bonchev–Trinajstić information content (AvgIpc) is 1.86. The van der Waals surface area contributed by atoms with Crippen LogP contribution in [-0.2, 0) is 13.7 Å². The molecule has 0 aromatic heterocycles. The van der Waals surface area contributed by atoms with Gasteiger partial charge in [0.05, 0.1) is 6.61 Å². The van der Waals surface area contributed by atoms with E-state index >= 15 is 0 Å². The molecule has 0 rings (SSSR count). The minimum Gasteiger partial charge on any atom is -0.294 e. The molecule has 5 heteroatoms. The Kier molecular flexibility index (Phi) is 20.8. The van der Waals surface area contributed by atoms with Crippen molar-refractivity contribution in [2.75, 3.05) is 13.3 Å². The van der Waals surface area contributed by atoms with Crippen LogP contribution in [0.2, 0.25) is 0 Å². The second-order valence-electron chi connectivity index (χ2n) is 1.09. The highest BCUT2D eigenvalue weighted by Crippen LogP contribution is 1.93. The molecule has 9 heavy (non-hydrogen) atoms. The van der Waals surface area contributed by atoms with Crippen LogP contribution < -0.4 is 0 Å². The summed E-state index contributed by atoms with van der Waals surface area (Å²) in [7, 11) is -0.0379. The molecule has 0 aromatic carbocycles. The molecule has 0 aliphatic carbocycles. The van der Waals surface area contributed by atoms with Crippen LogP contribution in [0.3, 0.4) is 0 Å². The van der Waals surface area contributed by atoms with E-state index in [4.69, 9.17) is 4.57 Å². The predicted molar refractivity (Wildman–Crippen MR) is 37.4 cm³/mol. The Labute approximate surface area is 58.3 Å². The maximum Gasteiger partial charge on any atom is 0.327 e. The third-order valence-electron chi connectivity index (χ3n) is 0.348. The zero-order chi connectivity index (χ0) is 7.54. The van der Waals surface area contributed by atoms with Crippen LogP contribution in [0.4, 0.5) is 0 Å². The first-order valence-electron chi connectivity index (χ1n) is 2.49. The van der Waals surface area contributed by atoms with Crippen molar-refractivity contribution in [1.29, 1.82) is 0 Å². The summed E-state index contributed by atoms with van der Waals surface area (Å²) < 4.78 is 22.7. The zero-order valence-corrected chi connectivity index (χ0v) is 7.32. The molecule has 0 atom stereocenters. The van der Waals surface area contributed by atoms with Crippen LogP contribution in [0.5, 0.6) is 0 Å². The molecule has 3 nitrogen and oxygen atoms in total. The third kappa shape index (κ3) is 31.0. The summed E-state index contributed by atoms with van der Waals surface area (Å²) in [5, 5.41) is 0. The molecule has 0 amide bonds. The van der Waals surface area contributed by atoms with Gasteiger partial charge < -0.3 is 0 Å². The van der Waals surface area contributed by atoms with Crippen LogP contribution in [0.25, 0.3) is 0 Å². The molecule has 0 saturated heterocycles. The highest BCUT2D eigenvalue weighted by atomic mass is 31.1. The Balaban J connectivity index is 0. The zero-order valence-electron chi connectivity index (χ0n) is 5.53. The molecule has 0 heterocycles. The summed E-state index contributed by atoms with van der Waals surface area (Å²) in [6.45, 7) is 4.09. The largest absolute Gasteiger partial charge is 0.327 e. The lowest BCUT2D eigenvalue weighted by atomic mass is 10.5. The van der Waals surface area contributed by atoms with Gasteiger partial charge in [-0.25, -0.2) is 4.57 Å². The molecule has 0 fully saturated rings. The van der Waals surface area contributed by atoms with Crippen molar-refractivity contribution in [3.63, 3.8) is 0 Å². The summed E-state index contributed by atoms with van der Waals surface area (Å²) in [5.74, 6) is 0. The van der Waals surface area contributed by atoms with E-state index < -0.39 is 0 Å². The van der Waals surface area contributed by atoms with Gasteiger partial charge >= 0.3 is 8.69 Å². The highest BCUT2D eigenvalue weighted by Gasteiger charge is 1.74. The maximum absolute atomic E-state index is 9.44. The lowest BCUT2D eigenvalue weighted by molar-refractivity contribution is 0.342. The minimum absolute atomic E-state index is 0.167. The fourth-order valence-electron chi connectivity index (χ4n) is 0.129. The van der Waals surface area contributed by atoms with E-state index in [1.165, 1.54) is 0 Å². The second-order valence-corrected chi connectivity index (χ2v) is 1.86. The lowest BCUT2D eigenvalue weighted by Gasteiger charge is -1.81. The molecule has 0 unspecified atom stereocenters. The van der Waals surface area contributed by atoms with Gasteiger partial charge in [0.1, 0.15) is 0 Å². The van der Waals surface area contributed by atoms with Crippen LogP contribution in [0, 0.1) is 0 Å². The molecule has 0 spiro atoms. The first-order chi connectivity index (χ1) is 4.33. The highest BCUT2D eigenvalue weighted by molar-refractivity contribution is 7.22. The fraction of sp³-hybridized carbons (Fsp3) is 1.00. The summed E-state index contributed by atoms with van der Waals surface area (Å²) in [6.07, 6.45) is 0.926. The Morgan fingerprint density at radius 2 is 1.89 bits per heavy atom. The van der Waals surface area contributed by atoms with Crippen molar-refractivity contribution in [3.05, 3.63) is 0 Å². The molecule has 0 aromatic rings. The van der Waals surface area contributed by atoms with Crippen LogP contribution in [0.15, 0.2) is 0 Å². The van der Waals surface area contributed by atoms with Gasteiger partial charge in [0, 0.05) is 6.66 Å². The monoisotopic (exact) mass is 168 g/mol. The van der Waals surface area contributed by atoms with Crippen molar-refractivity contribution in [2.45, 2.75) is 13.3 Å². The van der Waals surface area contributed by atoms with Crippen molar-refractivity contribution in [1.82, 2.24) is 0 Å². The van der Waals surface area contributed by atoms with Gasteiger partial charge in [-0.1, -0.05) is 6.92 Å². The van der Waals surface area contributed by atoms with Gasteiger partial charge in [-0.15, -0.1) is 0 Å². The summed E-state index contributed by atoms with van der Waals surface area (Å²) in [4.78, 5) is 0. The van der Waals surface area contributed by atoms with E-state index in [0.717, 1.165) is 6.42 Å². The summed E-state index contributed by atoms with van der Waals surface area (Å²) in [6, 6.07) is 0. The van der Waals surface area contributed by atoms with E-state index in [0.29, 0.717) is 6.61 Å². The van der Waals surface area contributed by atoms with E-state index in [2.05, 4.69) is 4.52 Å². The Hall–Kier alpha value is 0.160. The summed E-state index contributed by atoms with van der Waals surface area (Å²) in [5.41, 5.74) is 0. The first-order valence-corrected chi connectivity index (χ1v) is 4.48.